The molecule has 158 valence electrons. The summed E-state index contributed by atoms with van der Waals surface area (Å²) in [6, 6.07) is 13.5. The Morgan fingerprint density at radius 2 is 1.93 bits per heavy atom. The van der Waals surface area contributed by atoms with E-state index < -0.39 is 17.3 Å². The maximum atomic E-state index is 11.2. The van der Waals surface area contributed by atoms with Crippen LogP contribution in [0.3, 0.4) is 0 Å². The number of rotatable bonds is 5. The van der Waals surface area contributed by atoms with Crippen molar-refractivity contribution >= 4 is 5.97 Å². The topological polar surface area (TPSA) is 94.3 Å². The smallest absolute Gasteiger partial charge is 0.335 e. The predicted octanol–water partition coefficient (Wildman–Crippen LogP) is 1.68. The van der Waals surface area contributed by atoms with Crippen LogP contribution in [-0.2, 0) is 5.60 Å². The average molecular weight is 402 g/mol. The Kier molecular flexibility index (Phi) is 8.05. The van der Waals surface area contributed by atoms with Crippen molar-refractivity contribution in [1.82, 2.24) is 0 Å². The van der Waals surface area contributed by atoms with E-state index in [9.17, 15) is 15.0 Å². The second-order valence-corrected chi connectivity index (χ2v) is 7.81. The number of para-hydroxylation sites is 1. The number of benzene rings is 2. The van der Waals surface area contributed by atoms with E-state index in [2.05, 4.69) is 14.1 Å². The van der Waals surface area contributed by atoms with Crippen molar-refractivity contribution in [2.24, 2.45) is 5.92 Å². The fourth-order valence-corrected chi connectivity index (χ4v) is 3.91. The zero-order valence-electron chi connectivity index (χ0n) is 17.4. The molecule has 0 aromatic heterocycles. The Balaban J connectivity index is 0.000000253. The zero-order chi connectivity index (χ0) is 21.4. The Morgan fingerprint density at radius 3 is 2.52 bits per heavy atom. The highest BCUT2D eigenvalue weighted by atomic mass is 16.5. The van der Waals surface area contributed by atoms with Crippen molar-refractivity contribution in [1.29, 1.82) is 0 Å². The number of ether oxygens (including phenoxy) is 1. The van der Waals surface area contributed by atoms with Gasteiger partial charge in [0.05, 0.1) is 38.9 Å². The van der Waals surface area contributed by atoms with Crippen molar-refractivity contribution in [2.75, 3.05) is 27.7 Å². The molecule has 2 aromatic carbocycles. The fourth-order valence-electron chi connectivity index (χ4n) is 3.91. The molecule has 6 nitrogen and oxygen atoms in total. The number of methoxy groups -OCH3 is 1. The lowest BCUT2D eigenvalue weighted by atomic mass is 9.71. The van der Waals surface area contributed by atoms with E-state index in [0.29, 0.717) is 5.92 Å². The summed E-state index contributed by atoms with van der Waals surface area (Å²) < 4.78 is 5.29. The van der Waals surface area contributed by atoms with Gasteiger partial charge in [-0.2, -0.15) is 0 Å². The maximum absolute atomic E-state index is 11.2. The van der Waals surface area contributed by atoms with Gasteiger partial charge in [-0.3, -0.25) is 0 Å². The van der Waals surface area contributed by atoms with Crippen LogP contribution in [0, 0.1) is 5.92 Å². The molecule has 0 aliphatic heterocycles. The summed E-state index contributed by atoms with van der Waals surface area (Å²) in [6.45, 7) is 1.01. The minimum atomic E-state index is -1.18. The molecule has 0 unspecified atom stereocenters. The lowest BCUT2D eigenvalue weighted by Gasteiger charge is -2.40. The van der Waals surface area contributed by atoms with E-state index in [1.54, 1.807) is 7.11 Å². The van der Waals surface area contributed by atoms with E-state index in [1.807, 2.05) is 24.3 Å². The molecule has 0 saturated heterocycles. The highest BCUT2D eigenvalue weighted by molar-refractivity contribution is 5.90. The lowest BCUT2D eigenvalue weighted by molar-refractivity contribution is -0.863. The third-order valence-corrected chi connectivity index (χ3v) is 5.38. The first kappa shape index (κ1) is 22.7. The van der Waals surface area contributed by atoms with Gasteiger partial charge in [-0.15, -0.1) is 0 Å². The minimum Gasteiger partial charge on any atom is -0.872 e. The summed E-state index contributed by atoms with van der Waals surface area (Å²) in [5.41, 5.74) is 0.143. The van der Waals surface area contributed by atoms with Gasteiger partial charge >= 0.3 is 5.97 Å². The summed E-state index contributed by atoms with van der Waals surface area (Å²) in [6.07, 6.45) is 4.30. The molecule has 0 radical (unpaired) electrons. The van der Waals surface area contributed by atoms with E-state index in [1.165, 1.54) is 35.6 Å². The van der Waals surface area contributed by atoms with Gasteiger partial charge in [0.25, 0.3) is 0 Å². The van der Waals surface area contributed by atoms with Crippen LogP contribution in [0.25, 0.3) is 0 Å². The van der Waals surface area contributed by atoms with Gasteiger partial charge < -0.3 is 25.0 Å². The lowest BCUT2D eigenvalue weighted by Crippen LogP contribution is -3.06. The highest BCUT2D eigenvalue weighted by Crippen LogP contribution is 2.41. The number of quaternary nitrogens is 1. The van der Waals surface area contributed by atoms with Crippen LogP contribution in [0.5, 0.6) is 11.5 Å². The number of nitrogens with one attached hydrogen (secondary N) is 1. The van der Waals surface area contributed by atoms with Gasteiger partial charge in [0.15, 0.2) is 0 Å². The number of hydrogen-bond acceptors (Lipinski definition) is 4. The number of carboxylic acid groups (broad SMARTS) is 1. The number of carboxylic acids is 1. The molecule has 1 aliphatic carbocycles. The summed E-state index contributed by atoms with van der Waals surface area (Å²) in [5, 5.41) is 30.2. The standard InChI is InChI=1S/C16H25NO2.C7H6O3/c1-17(2)12-14-7-4-5-10-16(14,18)13-8-6-9-15(11-13)19-3;8-6-4-2-1-3-5(6)7(9)10/h6,8-9,11,14,18H,4-5,7,10,12H2,1-3H3;1-4,8H,(H,9,10)/t14-,16+;/m0./s1. The Bertz CT molecular complexity index is 807. The second kappa shape index (κ2) is 10.3. The van der Waals surface area contributed by atoms with E-state index in [-0.39, 0.29) is 5.56 Å². The van der Waals surface area contributed by atoms with Crippen LogP contribution in [0.2, 0.25) is 0 Å². The molecule has 1 aliphatic rings. The molecule has 0 amide bonds. The largest absolute Gasteiger partial charge is 0.872 e. The van der Waals surface area contributed by atoms with E-state index in [0.717, 1.165) is 37.1 Å². The molecule has 3 N–H and O–H groups in total. The van der Waals surface area contributed by atoms with Crippen molar-refractivity contribution < 1.29 is 29.8 Å². The summed E-state index contributed by atoms with van der Waals surface area (Å²) in [4.78, 5) is 11.6. The Labute approximate surface area is 172 Å². The molecule has 1 saturated carbocycles. The Hall–Kier alpha value is -2.57. The van der Waals surface area contributed by atoms with Gasteiger partial charge in [-0.1, -0.05) is 48.9 Å². The molecule has 2 aromatic rings. The molecule has 0 bridgehead atoms. The van der Waals surface area contributed by atoms with E-state index >= 15 is 0 Å². The summed E-state index contributed by atoms with van der Waals surface area (Å²) in [5.74, 6) is -0.466. The van der Waals surface area contributed by atoms with Crippen LogP contribution in [0.4, 0.5) is 0 Å². The first-order valence-electron chi connectivity index (χ1n) is 9.93. The van der Waals surface area contributed by atoms with Crippen LogP contribution in [0.15, 0.2) is 48.5 Å². The first-order valence-corrected chi connectivity index (χ1v) is 9.93. The minimum absolute atomic E-state index is 0.178. The van der Waals surface area contributed by atoms with Gasteiger partial charge in [0.1, 0.15) is 5.75 Å². The molecule has 6 heteroatoms. The predicted molar refractivity (Wildman–Crippen MR) is 109 cm³/mol. The third kappa shape index (κ3) is 5.95. The molecular weight excluding hydrogens is 370 g/mol. The number of hydrogen-bond donors (Lipinski definition) is 3. The normalized spacial score (nSPS) is 21.2. The van der Waals surface area contributed by atoms with Crippen molar-refractivity contribution in [2.45, 2.75) is 31.3 Å². The van der Waals surface area contributed by atoms with Gasteiger partial charge in [0, 0.05) is 5.92 Å². The molecule has 3 rings (SSSR count). The third-order valence-electron chi connectivity index (χ3n) is 5.38. The quantitative estimate of drug-likeness (QED) is 0.709. The number of aromatic carboxylic acids is 1. The van der Waals surface area contributed by atoms with Crippen molar-refractivity contribution in [3.8, 4) is 11.5 Å². The number of aliphatic hydroxyl groups is 1. The fraction of sp³-hybridized carbons (Fsp3) is 0.435. The zero-order valence-corrected chi connectivity index (χ0v) is 17.4. The first-order chi connectivity index (χ1) is 13.8. The van der Waals surface area contributed by atoms with Crippen LogP contribution < -0.4 is 14.7 Å². The van der Waals surface area contributed by atoms with Crippen LogP contribution in [-0.4, -0.2) is 43.9 Å². The molecular formula is C23H31NO5. The molecule has 0 heterocycles. The van der Waals surface area contributed by atoms with Gasteiger partial charge in [-0.05, 0) is 36.6 Å². The summed E-state index contributed by atoms with van der Waals surface area (Å²) >= 11 is 0. The molecule has 29 heavy (non-hydrogen) atoms. The van der Waals surface area contributed by atoms with Gasteiger partial charge in [-0.25, -0.2) is 4.79 Å². The molecule has 0 spiro atoms. The van der Waals surface area contributed by atoms with Gasteiger partial charge in [0.2, 0.25) is 0 Å². The number of carbonyl (C=O) groups is 1. The van der Waals surface area contributed by atoms with E-state index in [4.69, 9.17) is 9.84 Å². The SMILES string of the molecule is COc1cccc([C@]2(O)CCCC[C@H]2C[NH+](C)C)c1.O=C(O)c1ccccc1[O-]. The molecule has 1 fully saturated rings. The van der Waals surface area contributed by atoms with Crippen molar-refractivity contribution in [3.63, 3.8) is 0 Å². The van der Waals surface area contributed by atoms with Crippen LogP contribution >= 0.6 is 0 Å². The Morgan fingerprint density at radius 1 is 1.21 bits per heavy atom. The molecule has 2 atom stereocenters. The van der Waals surface area contributed by atoms with Crippen LogP contribution in [0.1, 0.15) is 41.6 Å². The second-order valence-electron chi connectivity index (χ2n) is 7.81. The monoisotopic (exact) mass is 401 g/mol. The van der Waals surface area contributed by atoms with Crippen molar-refractivity contribution in [3.05, 3.63) is 59.7 Å². The highest BCUT2D eigenvalue weighted by Gasteiger charge is 2.41. The maximum Gasteiger partial charge on any atom is 0.335 e. The average Bonchev–Trinajstić information content (AvgIpc) is 2.70. The summed E-state index contributed by atoms with van der Waals surface area (Å²) in [7, 11) is 5.98.